The van der Waals surface area contributed by atoms with E-state index in [2.05, 4.69) is 0 Å². The van der Waals surface area contributed by atoms with Crippen molar-refractivity contribution in [3.05, 3.63) is 145 Å². The van der Waals surface area contributed by atoms with Gasteiger partial charge in [0.05, 0.1) is 11.1 Å². The highest BCUT2D eigenvalue weighted by molar-refractivity contribution is 5.81. The van der Waals surface area contributed by atoms with Gasteiger partial charge < -0.3 is 9.80 Å². The maximum absolute atomic E-state index is 13.2. The average Bonchev–Trinajstić information content (AvgIpc) is 2.95. The molecule has 0 saturated heterocycles. The second-order valence-corrected chi connectivity index (χ2v) is 8.95. The van der Waals surface area contributed by atoms with Gasteiger partial charge in [0.1, 0.15) is 0 Å². The number of rotatable bonds is 6. The molecule has 0 amide bonds. The predicted molar refractivity (Wildman–Crippen MR) is 146 cm³/mol. The lowest BCUT2D eigenvalue weighted by molar-refractivity contribution is -0.138. The first kappa shape index (κ1) is 26.9. The fourth-order valence-electron chi connectivity index (χ4n) is 4.40. The molecule has 8 heteroatoms. The van der Waals surface area contributed by atoms with E-state index in [4.69, 9.17) is 0 Å². The number of nitrogens with zero attached hydrogens (tertiary/aromatic N) is 2. The van der Waals surface area contributed by atoms with Crippen molar-refractivity contribution in [1.29, 1.82) is 0 Å². The van der Waals surface area contributed by atoms with E-state index in [0.717, 1.165) is 35.6 Å². The molecule has 0 aliphatic carbocycles. The van der Waals surface area contributed by atoms with Crippen LogP contribution in [0, 0.1) is 0 Å². The summed E-state index contributed by atoms with van der Waals surface area (Å²) in [7, 11) is 0. The van der Waals surface area contributed by atoms with Gasteiger partial charge in [-0.1, -0.05) is 36.4 Å². The number of para-hydroxylation sites is 2. The van der Waals surface area contributed by atoms with Crippen molar-refractivity contribution in [3.63, 3.8) is 0 Å². The second kappa shape index (κ2) is 10.8. The van der Waals surface area contributed by atoms with E-state index in [-0.39, 0.29) is 0 Å². The van der Waals surface area contributed by atoms with Crippen molar-refractivity contribution >= 4 is 34.1 Å². The summed E-state index contributed by atoms with van der Waals surface area (Å²) in [6, 6.07) is 35.6. The molecular weight excluding hydrogens is 526 g/mol. The van der Waals surface area contributed by atoms with E-state index in [1.54, 1.807) is 0 Å². The van der Waals surface area contributed by atoms with Gasteiger partial charge in [0.2, 0.25) is 0 Å². The molecule has 0 spiro atoms. The first-order valence-corrected chi connectivity index (χ1v) is 12.3. The molecule has 0 saturated carbocycles. The highest BCUT2D eigenvalue weighted by Crippen LogP contribution is 2.40. The Morgan fingerprint density at radius 3 is 0.775 bits per heavy atom. The molecule has 0 N–H and O–H groups in total. The lowest BCUT2D eigenvalue weighted by atomic mass is 10.1. The average molecular weight is 549 g/mol. The van der Waals surface area contributed by atoms with E-state index < -0.39 is 23.5 Å². The molecule has 40 heavy (non-hydrogen) atoms. The molecular formula is C32H22F6N2. The van der Waals surface area contributed by atoms with Crippen molar-refractivity contribution in [1.82, 2.24) is 0 Å². The van der Waals surface area contributed by atoms with Gasteiger partial charge >= 0.3 is 12.4 Å². The van der Waals surface area contributed by atoms with Gasteiger partial charge in [-0.2, -0.15) is 26.3 Å². The SMILES string of the molecule is FC(F)(F)c1ccc(N(c2ccccc2)c2ccc(N(c3ccccc3)c3ccc(C(F)(F)F)cc3)cc2)cc1. The fraction of sp³-hybridized carbons (Fsp3) is 0.0625. The van der Waals surface area contributed by atoms with Crippen LogP contribution in [0.2, 0.25) is 0 Å². The molecule has 0 aliphatic heterocycles. The summed E-state index contributed by atoms with van der Waals surface area (Å²) in [4.78, 5) is 3.66. The molecule has 0 atom stereocenters. The first-order chi connectivity index (χ1) is 19.1. The number of hydrogen-bond acceptors (Lipinski definition) is 2. The van der Waals surface area contributed by atoms with Crippen LogP contribution in [-0.2, 0) is 12.4 Å². The minimum absolute atomic E-state index is 0.537. The monoisotopic (exact) mass is 548 g/mol. The third-order valence-corrected chi connectivity index (χ3v) is 6.30. The van der Waals surface area contributed by atoms with Crippen LogP contribution in [-0.4, -0.2) is 0 Å². The van der Waals surface area contributed by atoms with Crippen molar-refractivity contribution in [2.24, 2.45) is 0 Å². The normalized spacial score (nSPS) is 11.8. The molecule has 0 radical (unpaired) electrons. The zero-order chi connectivity index (χ0) is 28.3. The van der Waals surface area contributed by atoms with Crippen molar-refractivity contribution < 1.29 is 26.3 Å². The van der Waals surface area contributed by atoms with Crippen LogP contribution >= 0.6 is 0 Å². The van der Waals surface area contributed by atoms with Crippen LogP contribution in [0.5, 0.6) is 0 Å². The van der Waals surface area contributed by atoms with Gasteiger partial charge in [-0.25, -0.2) is 0 Å². The Morgan fingerprint density at radius 1 is 0.300 bits per heavy atom. The Morgan fingerprint density at radius 2 is 0.525 bits per heavy atom. The number of halogens is 6. The lowest BCUT2D eigenvalue weighted by Gasteiger charge is -2.28. The molecule has 0 bridgehead atoms. The van der Waals surface area contributed by atoms with Gasteiger partial charge in [-0.3, -0.25) is 0 Å². The van der Waals surface area contributed by atoms with E-state index >= 15 is 0 Å². The molecule has 5 aromatic carbocycles. The maximum atomic E-state index is 13.2. The Hall–Kier alpha value is -4.72. The quantitative estimate of drug-likeness (QED) is 0.195. The summed E-state index contributed by atoms with van der Waals surface area (Å²) < 4.78 is 79.0. The fourth-order valence-corrected chi connectivity index (χ4v) is 4.40. The molecule has 5 rings (SSSR count). The van der Waals surface area contributed by atoms with Gasteiger partial charge in [0.15, 0.2) is 0 Å². The zero-order valence-corrected chi connectivity index (χ0v) is 20.9. The van der Waals surface area contributed by atoms with Crippen LogP contribution in [0.25, 0.3) is 0 Å². The predicted octanol–water partition coefficient (Wildman–Crippen LogP) is 10.7. The molecule has 0 fully saturated rings. The number of benzene rings is 5. The Labute approximate surface area is 227 Å². The van der Waals surface area contributed by atoms with Crippen LogP contribution in [0.3, 0.4) is 0 Å². The molecule has 0 heterocycles. The third-order valence-electron chi connectivity index (χ3n) is 6.30. The topological polar surface area (TPSA) is 6.48 Å². The Bertz CT molecular complexity index is 1410. The van der Waals surface area contributed by atoms with Gasteiger partial charge in [0, 0.05) is 34.1 Å². The van der Waals surface area contributed by atoms with Crippen LogP contribution < -0.4 is 9.80 Å². The van der Waals surface area contributed by atoms with E-state index in [1.807, 2.05) is 94.7 Å². The molecule has 2 nitrogen and oxygen atoms in total. The van der Waals surface area contributed by atoms with Crippen LogP contribution in [0.15, 0.2) is 133 Å². The van der Waals surface area contributed by atoms with Gasteiger partial charge in [-0.05, 0) is 97.1 Å². The van der Waals surface area contributed by atoms with Crippen LogP contribution in [0.4, 0.5) is 60.5 Å². The minimum Gasteiger partial charge on any atom is -0.311 e. The molecule has 0 unspecified atom stereocenters. The zero-order valence-electron chi connectivity index (χ0n) is 20.9. The summed E-state index contributed by atoms with van der Waals surface area (Å²) in [5.74, 6) is 0. The van der Waals surface area contributed by atoms with Crippen molar-refractivity contribution in [2.75, 3.05) is 9.80 Å². The lowest BCUT2D eigenvalue weighted by Crippen LogP contribution is -2.13. The highest BCUT2D eigenvalue weighted by Gasteiger charge is 2.31. The summed E-state index contributed by atoms with van der Waals surface area (Å²) in [6.07, 6.45) is -8.89. The summed E-state index contributed by atoms with van der Waals surface area (Å²) in [6.45, 7) is 0. The maximum Gasteiger partial charge on any atom is 0.416 e. The van der Waals surface area contributed by atoms with E-state index in [0.29, 0.717) is 22.7 Å². The molecule has 5 aromatic rings. The van der Waals surface area contributed by atoms with E-state index in [9.17, 15) is 26.3 Å². The summed E-state index contributed by atoms with van der Waals surface area (Å²) in [5, 5.41) is 0. The molecule has 202 valence electrons. The third kappa shape index (κ3) is 5.81. The standard InChI is InChI=1S/C32H22F6N2/c33-31(34,35)23-11-15-27(16-12-23)39(25-7-3-1-4-8-25)29-19-21-30(22-20-29)40(26-9-5-2-6-10-26)28-17-13-24(14-18-28)32(36,37)38/h1-22H. The summed E-state index contributed by atoms with van der Waals surface area (Å²) in [5.41, 5.74) is 2.47. The number of anilines is 6. The van der Waals surface area contributed by atoms with Gasteiger partial charge in [0.25, 0.3) is 0 Å². The van der Waals surface area contributed by atoms with Crippen LogP contribution in [0.1, 0.15) is 11.1 Å². The van der Waals surface area contributed by atoms with Crippen molar-refractivity contribution in [2.45, 2.75) is 12.4 Å². The number of hydrogen-bond donors (Lipinski definition) is 0. The minimum atomic E-state index is -4.45. The van der Waals surface area contributed by atoms with Gasteiger partial charge in [-0.15, -0.1) is 0 Å². The molecule has 0 aromatic heterocycles. The Kier molecular flexibility index (Phi) is 7.26. The smallest absolute Gasteiger partial charge is 0.311 e. The Balaban J connectivity index is 1.55. The summed E-state index contributed by atoms with van der Waals surface area (Å²) >= 11 is 0. The largest absolute Gasteiger partial charge is 0.416 e. The highest BCUT2D eigenvalue weighted by atomic mass is 19.4. The number of alkyl halides is 6. The molecule has 0 aliphatic rings. The van der Waals surface area contributed by atoms with E-state index in [1.165, 1.54) is 24.3 Å². The first-order valence-electron chi connectivity index (χ1n) is 12.3. The van der Waals surface area contributed by atoms with Crippen molar-refractivity contribution in [3.8, 4) is 0 Å². The second-order valence-electron chi connectivity index (χ2n) is 8.95.